The van der Waals surface area contributed by atoms with Crippen molar-refractivity contribution in [3.8, 4) is 17.8 Å². The van der Waals surface area contributed by atoms with E-state index in [-0.39, 0.29) is 12.5 Å². The van der Waals surface area contributed by atoms with Crippen molar-refractivity contribution in [1.29, 1.82) is 0 Å². The first-order chi connectivity index (χ1) is 14.2. The van der Waals surface area contributed by atoms with Gasteiger partial charge in [0, 0.05) is 13.2 Å². The molecule has 154 valence electrons. The molecule has 0 aliphatic rings. The van der Waals surface area contributed by atoms with Crippen molar-refractivity contribution in [2.45, 2.75) is 32.3 Å². The lowest BCUT2D eigenvalue weighted by Crippen LogP contribution is -2.37. The van der Waals surface area contributed by atoms with Crippen molar-refractivity contribution in [2.75, 3.05) is 26.9 Å². The Morgan fingerprint density at radius 3 is 2.45 bits per heavy atom. The molecular formula is C24H29NO4. The maximum Gasteiger partial charge on any atom is 0.249 e. The van der Waals surface area contributed by atoms with Crippen LogP contribution in [-0.2, 0) is 27.1 Å². The molecule has 0 spiro atoms. The molecule has 29 heavy (non-hydrogen) atoms. The van der Waals surface area contributed by atoms with E-state index in [0.29, 0.717) is 19.6 Å². The van der Waals surface area contributed by atoms with Crippen molar-refractivity contribution in [2.24, 2.45) is 0 Å². The van der Waals surface area contributed by atoms with Crippen LogP contribution in [0.5, 0.6) is 5.75 Å². The molecule has 2 rings (SSSR count). The Labute approximate surface area is 173 Å². The number of hydrogen-bond donors (Lipinski definition) is 1. The molecular weight excluding hydrogens is 366 g/mol. The summed E-state index contributed by atoms with van der Waals surface area (Å²) in [5.41, 5.74) is 2.33. The first-order valence-corrected chi connectivity index (χ1v) is 9.88. The maximum absolute atomic E-state index is 12.5. The molecule has 1 unspecified atom stereocenters. The Morgan fingerprint density at radius 1 is 1.03 bits per heavy atom. The van der Waals surface area contributed by atoms with Crippen LogP contribution in [0, 0.1) is 12.0 Å². The van der Waals surface area contributed by atoms with Crippen LogP contribution < -0.4 is 10.1 Å². The van der Waals surface area contributed by atoms with E-state index < -0.39 is 6.10 Å². The monoisotopic (exact) mass is 395 g/mol. The van der Waals surface area contributed by atoms with Crippen molar-refractivity contribution in [3.63, 3.8) is 0 Å². The number of amides is 1. The number of ether oxygens (including phenoxy) is 3. The fourth-order valence-corrected chi connectivity index (χ4v) is 2.85. The molecule has 0 aromatic heterocycles. The molecule has 0 saturated heterocycles. The molecule has 0 bridgehead atoms. The minimum Gasteiger partial charge on any atom is -0.481 e. The zero-order valence-electron chi connectivity index (χ0n) is 17.1. The van der Waals surface area contributed by atoms with Gasteiger partial charge >= 0.3 is 0 Å². The van der Waals surface area contributed by atoms with Crippen LogP contribution in [0.2, 0.25) is 0 Å². The van der Waals surface area contributed by atoms with Crippen molar-refractivity contribution < 1.29 is 19.0 Å². The summed E-state index contributed by atoms with van der Waals surface area (Å²) < 4.78 is 15.8. The summed E-state index contributed by atoms with van der Waals surface area (Å²) in [5, 5.41) is 2.99. The van der Waals surface area contributed by atoms with Gasteiger partial charge in [0.2, 0.25) is 5.91 Å². The van der Waals surface area contributed by atoms with Gasteiger partial charge in [-0.05, 0) is 55.4 Å². The standard InChI is InChI=1S/C24H29NO4/c1-3-28-23(15-12-20-8-5-4-6-9-20)24(26)25-17-16-21-10-13-22(14-11-21)29-19-7-18-27-2/h4-6,8-11,13-14,23H,3,12,15-17,19H2,1-2H3,(H,25,26). The van der Waals surface area contributed by atoms with Gasteiger partial charge in [-0.2, -0.15) is 0 Å². The number of hydrogen-bond acceptors (Lipinski definition) is 4. The van der Waals surface area contributed by atoms with Gasteiger partial charge in [-0.25, -0.2) is 0 Å². The Kier molecular flexibility index (Phi) is 10.2. The molecule has 1 atom stereocenters. The normalized spacial score (nSPS) is 11.1. The van der Waals surface area contributed by atoms with Crippen molar-refractivity contribution in [1.82, 2.24) is 5.32 Å². The van der Waals surface area contributed by atoms with E-state index in [1.807, 2.05) is 49.4 Å². The van der Waals surface area contributed by atoms with Crippen LogP contribution in [0.1, 0.15) is 24.5 Å². The minimum absolute atomic E-state index is 0.0561. The Bertz CT molecular complexity index is 778. The number of benzene rings is 2. The van der Waals surface area contributed by atoms with E-state index in [2.05, 4.69) is 34.2 Å². The first-order valence-electron chi connectivity index (χ1n) is 9.88. The van der Waals surface area contributed by atoms with Gasteiger partial charge in [-0.3, -0.25) is 4.79 Å². The molecule has 1 N–H and O–H groups in total. The van der Waals surface area contributed by atoms with Crippen molar-refractivity contribution >= 4 is 5.91 Å². The van der Waals surface area contributed by atoms with E-state index in [4.69, 9.17) is 9.47 Å². The highest BCUT2D eigenvalue weighted by molar-refractivity contribution is 5.80. The quantitative estimate of drug-likeness (QED) is 0.593. The Balaban J connectivity index is 1.74. The van der Waals surface area contributed by atoms with E-state index >= 15 is 0 Å². The maximum atomic E-state index is 12.5. The third kappa shape index (κ3) is 8.71. The molecule has 0 saturated carbocycles. The van der Waals surface area contributed by atoms with E-state index in [9.17, 15) is 4.79 Å². The predicted octanol–water partition coefficient (Wildman–Crippen LogP) is 3.37. The van der Waals surface area contributed by atoms with Crippen LogP contribution in [0.25, 0.3) is 0 Å². The topological polar surface area (TPSA) is 56.8 Å². The molecule has 0 radical (unpaired) electrons. The molecule has 0 heterocycles. The van der Waals surface area contributed by atoms with Gasteiger partial charge in [0.1, 0.15) is 18.0 Å². The third-order valence-electron chi connectivity index (χ3n) is 4.32. The fraction of sp³-hybridized carbons (Fsp3) is 0.375. The highest BCUT2D eigenvalue weighted by Gasteiger charge is 2.18. The Morgan fingerprint density at radius 2 is 1.76 bits per heavy atom. The SMILES string of the molecule is CCOC(CCc1ccccc1)C(=O)NCCc1ccc(OCC#COC)cc1. The van der Waals surface area contributed by atoms with Crippen LogP contribution in [0.3, 0.4) is 0 Å². The molecule has 1 amide bonds. The van der Waals surface area contributed by atoms with Gasteiger partial charge in [0.05, 0.1) is 7.11 Å². The number of carbonyl (C=O) groups excluding carboxylic acids is 1. The summed E-state index contributed by atoms with van der Waals surface area (Å²) >= 11 is 0. The van der Waals surface area contributed by atoms with Gasteiger partial charge in [-0.15, -0.1) is 0 Å². The fourth-order valence-electron chi connectivity index (χ4n) is 2.85. The van der Waals surface area contributed by atoms with Crippen LogP contribution in [-0.4, -0.2) is 38.9 Å². The van der Waals surface area contributed by atoms with Gasteiger partial charge < -0.3 is 19.5 Å². The zero-order chi connectivity index (χ0) is 20.7. The Hall–Kier alpha value is -2.97. The average molecular weight is 395 g/mol. The summed E-state index contributed by atoms with van der Waals surface area (Å²) in [4.78, 5) is 12.5. The summed E-state index contributed by atoms with van der Waals surface area (Å²) in [6.07, 6.45) is 4.28. The second-order valence-electron chi connectivity index (χ2n) is 6.42. The molecule has 2 aromatic rings. The summed E-state index contributed by atoms with van der Waals surface area (Å²) in [6, 6.07) is 17.9. The molecule has 0 aliphatic carbocycles. The number of aryl methyl sites for hydroxylation is 1. The lowest BCUT2D eigenvalue weighted by molar-refractivity contribution is -0.132. The van der Waals surface area contributed by atoms with E-state index in [0.717, 1.165) is 24.2 Å². The molecule has 0 fully saturated rings. The average Bonchev–Trinajstić information content (AvgIpc) is 2.76. The second-order valence-corrected chi connectivity index (χ2v) is 6.42. The molecule has 5 heteroatoms. The highest BCUT2D eigenvalue weighted by Crippen LogP contribution is 2.12. The van der Waals surface area contributed by atoms with Gasteiger partial charge in [-0.1, -0.05) is 42.5 Å². The number of rotatable bonds is 11. The number of carbonyl (C=O) groups is 1. The molecule has 0 aliphatic heterocycles. The lowest BCUT2D eigenvalue weighted by Gasteiger charge is -2.17. The zero-order valence-corrected chi connectivity index (χ0v) is 17.1. The highest BCUT2D eigenvalue weighted by atomic mass is 16.5. The van der Waals surface area contributed by atoms with Crippen LogP contribution in [0.15, 0.2) is 54.6 Å². The second kappa shape index (κ2) is 13.2. The largest absolute Gasteiger partial charge is 0.481 e. The van der Waals surface area contributed by atoms with Crippen LogP contribution >= 0.6 is 0 Å². The van der Waals surface area contributed by atoms with E-state index in [1.54, 1.807) is 0 Å². The number of nitrogens with one attached hydrogen (secondary N) is 1. The summed E-state index contributed by atoms with van der Waals surface area (Å²) in [7, 11) is 1.51. The third-order valence-corrected chi connectivity index (χ3v) is 4.32. The molecule has 5 nitrogen and oxygen atoms in total. The first kappa shape index (κ1) is 22.3. The van der Waals surface area contributed by atoms with Gasteiger partial charge in [0.15, 0.2) is 6.61 Å². The summed E-state index contributed by atoms with van der Waals surface area (Å²) in [6.45, 7) is 3.27. The summed E-state index contributed by atoms with van der Waals surface area (Å²) in [5.74, 6) is 3.43. The predicted molar refractivity (Wildman–Crippen MR) is 114 cm³/mol. The van der Waals surface area contributed by atoms with Crippen LogP contribution in [0.4, 0.5) is 0 Å². The van der Waals surface area contributed by atoms with Gasteiger partial charge in [0.25, 0.3) is 0 Å². The lowest BCUT2D eigenvalue weighted by atomic mass is 10.1. The van der Waals surface area contributed by atoms with Crippen molar-refractivity contribution in [3.05, 3.63) is 65.7 Å². The van der Waals surface area contributed by atoms with E-state index in [1.165, 1.54) is 12.7 Å². The number of methoxy groups -OCH3 is 1. The smallest absolute Gasteiger partial charge is 0.249 e. The minimum atomic E-state index is -0.427. The molecule has 2 aromatic carbocycles.